The molecule has 0 radical (unpaired) electrons. The maximum atomic E-state index is 12.4. The number of rotatable bonds is 4. The summed E-state index contributed by atoms with van der Waals surface area (Å²) in [5, 5.41) is 15.7. The number of hydrogen-bond donors (Lipinski definition) is 1. The van der Waals surface area contributed by atoms with Gasteiger partial charge in [0.2, 0.25) is 0 Å². The summed E-state index contributed by atoms with van der Waals surface area (Å²) in [6, 6.07) is 11.2. The van der Waals surface area contributed by atoms with E-state index in [0.29, 0.717) is 22.6 Å². The molecule has 1 aromatic carbocycles. The van der Waals surface area contributed by atoms with Crippen LogP contribution >= 0.6 is 0 Å². The van der Waals surface area contributed by atoms with Crippen LogP contribution in [0.5, 0.6) is 5.75 Å². The summed E-state index contributed by atoms with van der Waals surface area (Å²) < 4.78 is 6.30. The number of anilines is 1. The van der Waals surface area contributed by atoms with Crippen LogP contribution in [-0.2, 0) is 7.05 Å². The Balaban J connectivity index is 1.91. The van der Waals surface area contributed by atoms with E-state index in [-0.39, 0.29) is 17.1 Å². The molecule has 134 valence electrons. The normalized spacial score (nSPS) is 10.1. The molecule has 2 heterocycles. The van der Waals surface area contributed by atoms with Crippen molar-refractivity contribution in [2.75, 3.05) is 12.4 Å². The molecule has 0 aliphatic rings. The fourth-order valence-electron chi connectivity index (χ4n) is 2.32. The van der Waals surface area contributed by atoms with Gasteiger partial charge in [-0.25, -0.2) is 14.6 Å². The van der Waals surface area contributed by atoms with Gasteiger partial charge in [-0.15, -0.1) is 0 Å². The minimum atomic E-state index is -0.506. The lowest BCUT2D eigenvalue weighted by atomic mass is 10.1. The minimum absolute atomic E-state index is 0.108. The molecule has 0 atom stereocenters. The number of ether oxygens (including phenoxy) is 1. The lowest BCUT2D eigenvalue weighted by molar-refractivity contribution is 0.102. The number of nitriles is 1. The smallest absolute Gasteiger partial charge is 0.275 e. The summed E-state index contributed by atoms with van der Waals surface area (Å²) in [5.41, 5.74) is 1.30. The van der Waals surface area contributed by atoms with Gasteiger partial charge in [-0.3, -0.25) is 9.59 Å². The average Bonchev–Trinajstić information content (AvgIpc) is 2.70. The Labute approximate surface area is 153 Å². The van der Waals surface area contributed by atoms with E-state index < -0.39 is 5.91 Å². The molecule has 0 fully saturated rings. The van der Waals surface area contributed by atoms with E-state index in [1.165, 1.54) is 38.7 Å². The highest BCUT2D eigenvalue weighted by molar-refractivity contribution is 6.02. The number of methoxy groups -OCH3 is 1. The number of benzene rings is 1. The topological polar surface area (TPSA) is 123 Å². The van der Waals surface area contributed by atoms with Crippen LogP contribution in [0, 0.1) is 11.3 Å². The van der Waals surface area contributed by atoms with Gasteiger partial charge in [0, 0.05) is 18.7 Å². The summed E-state index contributed by atoms with van der Waals surface area (Å²) in [6.45, 7) is 0. The van der Waals surface area contributed by atoms with Crippen LogP contribution in [0.15, 0.2) is 47.5 Å². The van der Waals surface area contributed by atoms with Crippen molar-refractivity contribution in [2.24, 2.45) is 7.05 Å². The molecule has 0 spiro atoms. The van der Waals surface area contributed by atoms with Crippen molar-refractivity contribution < 1.29 is 9.53 Å². The Kier molecular flexibility index (Phi) is 4.90. The first kappa shape index (κ1) is 17.8. The largest absolute Gasteiger partial charge is 0.497 e. The molecule has 27 heavy (non-hydrogen) atoms. The zero-order valence-electron chi connectivity index (χ0n) is 14.5. The van der Waals surface area contributed by atoms with E-state index >= 15 is 0 Å². The van der Waals surface area contributed by atoms with E-state index in [9.17, 15) is 9.59 Å². The summed E-state index contributed by atoms with van der Waals surface area (Å²) in [7, 11) is 2.98. The average molecular weight is 362 g/mol. The number of nitrogens with one attached hydrogen (secondary N) is 1. The molecule has 3 aromatic rings. The standard InChI is InChI=1S/C18H14N6O3/c1-24-17(25)4-3-16(23-24)22-18(26)15-8-14(20-10-21-15)12-5-11(9-19)6-13(7-12)27-2/h3-8,10H,1-2H3,(H,22,23,26). The van der Waals surface area contributed by atoms with Gasteiger partial charge in [0.05, 0.1) is 24.4 Å². The number of aromatic nitrogens is 4. The van der Waals surface area contributed by atoms with E-state index in [1.807, 2.05) is 0 Å². The molecule has 1 amide bonds. The quantitative estimate of drug-likeness (QED) is 0.743. The predicted molar refractivity (Wildman–Crippen MR) is 96.2 cm³/mol. The van der Waals surface area contributed by atoms with Gasteiger partial charge < -0.3 is 10.1 Å². The second-order valence-electron chi connectivity index (χ2n) is 5.49. The Morgan fingerprint density at radius 2 is 2.04 bits per heavy atom. The number of aryl methyl sites for hydroxylation is 1. The highest BCUT2D eigenvalue weighted by atomic mass is 16.5. The number of amides is 1. The van der Waals surface area contributed by atoms with Crippen molar-refractivity contribution in [1.29, 1.82) is 5.26 Å². The fraction of sp³-hybridized carbons (Fsp3) is 0.111. The molecule has 9 nitrogen and oxygen atoms in total. The number of nitrogens with zero attached hydrogens (tertiary/aromatic N) is 5. The first-order chi connectivity index (χ1) is 13.0. The van der Waals surface area contributed by atoms with E-state index in [2.05, 4.69) is 26.5 Å². The van der Waals surface area contributed by atoms with Gasteiger partial charge in [-0.1, -0.05) is 0 Å². The Hall–Kier alpha value is -4.06. The Morgan fingerprint density at radius 1 is 1.22 bits per heavy atom. The summed E-state index contributed by atoms with van der Waals surface area (Å²) in [5.74, 6) is 0.215. The van der Waals surface area contributed by atoms with Crippen LogP contribution in [0.4, 0.5) is 5.82 Å². The molecule has 2 aromatic heterocycles. The lowest BCUT2D eigenvalue weighted by Gasteiger charge is -2.08. The third kappa shape index (κ3) is 3.96. The van der Waals surface area contributed by atoms with Crippen LogP contribution in [0.2, 0.25) is 0 Å². The first-order valence-electron chi connectivity index (χ1n) is 7.77. The van der Waals surface area contributed by atoms with Crippen LogP contribution in [0.25, 0.3) is 11.3 Å². The molecule has 3 rings (SSSR count). The van der Waals surface area contributed by atoms with E-state index in [0.717, 1.165) is 4.68 Å². The van der Waals surface area contributed by atoms with Crippen molar-refractivity contribution in [3.63, 3.8) is 0 Å². The van der Waals surface area contributed by atoms with E-state index in [1.54, 1.807) is 18.2 Å². The van der Waals surface area contributed by atoms with Gasteiger partial charge in [0.25, 0.3) is 11.5 Å². The van der Waals surface area contributed by atoms with Crippen LogP contribution in [0.3, 0.4) is 0 Å². The predicted octanol–water partition coefficient (Wildman–Crippen LogP) is 1.37. The fourth-order valence-corrected chi connectivity index (χ4v) is 2.32. The monoisotopic (exact) mass is 362 g/mol. The molecule has 0 aliphatic carbocycles. The van der Waals surface area contributed by atoms with Crippen molar-refractivity contribution in [2.45, 2.75) is 0 Å². The zero-order valence-corrected chi connectivity index (χ0v) is 14.5. The molecular formula is C18H14N6O3. The Bertz CT molecular complexity index is 1120. The number of carbonyl (C=O) groups excluding carboxylic acids is 1. The lowest BCUT2D eigenvalue weighted by Crippen LogP contribution is -2.22. The molecule has 0 bridgehead atoms. The number of carbonyl (C=O) groups is 1. The third-order valence-electron chi connectivity index (χ3n) is 3.67. The minimum Gasteiger partial charge on any atom is -0.497 e. The van der Waals surface area contributed by atoms with Gasteiger partial charge in [0.1, 0.15) is 17.8 Å². The molecule has 9 heteroatoms. The maximum absolute atomic E-state index is 12.4. The summed E-state index contributed by atoms with van der Waals surface area (Å²) in [6.07, 6.45) is 1.25. The Morgan fingerprint density at radius 3 is 2.74 bits per heavy atom. The molecule has 1 N–H and O–H groups in total. The third-order valence-corrected chi connectivity index (χ3v) is 3.67. The van der Waals surface area contributed by atoms with Crippen molar-refractivity contribution in [1.82, 2.24) is 19.7 Å². The molecule has 0 saturated heterocycles. The summed E-state index contributed by atoms with van der Waals surface area (Å²) >= 11 is 0. The van der Waals surface area contributed by atoms with Gasteiger partial charge in [-0.2, -0.15) is 10.4 Å². The zero-order chi connectivity index (χ0) is 19.4. The second kappa shape index (κ2) is 7.45. The highest BCUT2D eigenvalue weighted by Gasteiger charge is 2.12. The van der Waals surface area contributed by atoms with Gasteiger partial charge in [0.15, 0.2) is 5.82 Å². The van der Waals surface area contributed by atoms with Gasteiger partial charge in [-0.05, 0) is 30.3 Å². The highest BCUT2D eigenvalue weighted by Crippen LogP contribution is 2.24. The van der Waals surface area contributed by atoms with Crippen molar-refractivity contribution in [3.05, 3.63) is 64.3 Å². The molecule has 0 saturated carbocycles. The second-order valence-corrected chi connectivity index (χ2v) is 5.49. The van der Waals surface area contributed by atoms with Crippen LogP contribution in [-0.4, -0.2) is 32.8 Å². The van der Waals surface area contributed by atoms with Gasteiger partial charge >= 0.3 is 0 Å². The number of hydrogen-bond acceptors (Lipinski definition) is 7. The first-order valence-corrected chi connectivity index (χ1v) is 7.77. The van der Waals surface area contributed by atoms with Crippen LogP contribution in [0.1, 0.15) is 16.1 Å². The maximum Gasteiger partial charge on any atom is 0.275 e. The molecule has 0 aliphatic heterocycles. The SMILES string of the molecule is COc1cc(C#N)cc(-c2cc(C(=O)Nc3ccc(=O)n(C)n3)ncn2)c1. The van der Waals surface area contributed by atoms with Crippen LogP contribution < -0.4 is 15.6 Å². The molecule has 0 unspecified atom stereocenters. The summed E-state index contributed by atoms with van der Waals surface area (Å²) in [4.78, 5) is 31.9. The van der Waals surface area contributed by atoms with Crippen molar-refractivity contribution in [3.8, 4) is 23.1 Å². The van der Waals surface area contributed by atoms with E-state index in [4.69, 9.17) is 10.00 Å². The molecular weight excluding hydrogens is 348 g/mol. The van der Waals surface area contributed by atoms with Crippen molar-refractivity contribution >= 4 is 11.7 Å².